The molecule has 0 spiro atoms. The molecule has 3 nitrogen and oxygen atoms in total. The summed E-state index contributed by atoms with van der Waals surface area (Å²) in [4.78, 5) is 0. The van der Waals surface area contributed by atoms with Gasteiger partial charge in [0.25, 0.3) is 0 Å². The zero-order chi connectivity index (χ0) is 12.3. The molecular formula is C14H20O3. The molecule has 2 rings (SSSR count). The Labute approximate surface area is 102 Å². The third kappa shape index (κ3) is 3.20. The van der Waals surface area contributed by atoms with Gasteiger partial charge in [-0.15, -0.1) is 0 Å². The summed E-state index contributed by atoms with van der Waals surface area (Å²) in [6.45, 7) is 1.73. The molecule has 2 N–H and O–H groups in total. The van der Waals surface area contributed by atoms with Crippen LogP contribution in [0.2, 0.25) is 0 Å². The van der Waals surface area contributed by atoms with E-state index in [1.165, 1.54) is 0 Å². The maximum absolute atomic E-state index is 9.83. The van der Waals surface area contributed by atoms with Gasteiger partial charge in [0.15, 0.2) is 0 Å². The van der Waals surface area contributed by atoms with E-state index >= 15 is 0 Å². The molecule has 94 valence electrons. The van der Waals surface area contributed by atoms with E-state index < -0.39 is 6.10 Å². The van der Waals surface area contributed by atoms with Crippen molar-refractivity contribution in [2.75, 3.05) is 0 Å². The van der Waals surface area contributed by atoms with Gasteiger partial charge in [0.05, 0.1) is 12.2 Å². The van der Waals surface area contributed by atoms with E-state index in [0.717, 1.165) is 37.0 Å². The Kier molecular flexibility index (Phi) is 4.02. The summed E-state index contributed by atoms with van der Waals surface area (Å²) in [7, 11) is 0. The monoisotopic (exact) mass is 236 g/mol. The zero-order valence-electron chi connectivity index (χ0n) is 10.2. The van der Waals surface area contributed by atoms with E-state index in [4.69, 9.17) is 4.74 Å². The molecule has 0 saturated heterocycles. The molecule has 0 radical (unpaired) electrons. The lowest BCUT2D eigenvalue weighted by atomic mass is 9.95. The molecule has 0 bridgehead atoms. The van der Waals surface area contributed by atoms with Gasteiger partial charge in [-0.25, -0.2) is 0 Å². The second kappa shape index (κ2) is 5.52. The number of rotatable bonds is 3. The van der Waals surface area contributed by atoms with Gasteiger partial charge in [-0.3, -0.25) is 0 Å². The molecular weight excluding hydrogens is 216 g/mol. The van der Waals surface area contributed by atoms with Gasteiger partial charge in [0, 0.05) is 0 Å². The van der Waals surface area contributed by atoms with Crippen LogP contribution in [0.1, 0.15) is 44.3 Å². The van der Waals surface area contributed by atoms with Crippen molar-refractivity contribution in [3.63, 3.8) is 0 Å². The fourth-order valence-electron chi connectivity index (χ4n) is 2.24. The average molecular weight is 236 g/mol. The Morgan fingerprint density at radius 2 is 2.06 bits per heavy atom. The molecule has 1 aliphatic carbocycles. The van der Waals surface area contributed by atoms with Crippen LogP contribution in [-0.4, -0.2) is 22.4 Å². The largest absolute Gasteiger partial charge is 0.488 e. The summed E-state index contributed by atoms with van der Waals surface area (Å²) in [6, 6.07) is 7.45. The van der Waals surface area contributed by atoms with E-state index in [0.29, 0.717) is 0 Å². The number of ether oxygens (including phenoxy) is 1. The lowest BCUT2D eigenvalue weighted by Crippen LogP contribution is -2.34. The predicted octanol–water partition coefficient (Wildman–Crippen LogP) is 2.42. The molecule has 1 aromatic carbocycles. The lowest BCUT2D eigenvalue weighted by Gasteiger charge is -2.28. The van der Waals surface area contributed by atoms with Gasteiger partial charge in [0.1, 0.15) is 11.9 Å². The molecule has 1 aromatic rings. The molecule has 1 aliphatic rings. The molecule has 0 aromatic heterocycles. The van der Waals surface area contributed by atoms with Crippen LogP contribution >= 0.6 is 0 Å². The van der Waals surface area contributed by atoms with Crippen LogP contribution in [0.15, 0.2) is 24.3 Å². The summed E-state index contributed by atoms with van der Waals surface area (Å²) >= 11 is 0. The smallest absolute Gasteiger partial charge is 0.124 e. The third-order valence-corrected chi connectivity index (χ3v) is 3.30. The van der Waals surface area contributed by atoms with Crippen LogP contribution in [-0.2, 0) is 0 Å². The van der Waals surface area contributed by atoms with Gasteiger partial charge < -0.3 is 14.9 Å². The van der Waals surface area contributed by atoms with Crippen molar-refractivity contribution in [2.24, 2.45) is 0 Å². The van der Waals surface area contributed by atoms with Crippen molar-refractivity contribution < 1.29 is 14.9 Å². The van der Waals surface area contributed by atoms with Crippen molar-refractivity contribution in [3.05, 3.63) is 29.8 Å². The van der Waals surface area contributed by atoms with Crippen molar-refractivity contribution in [1.82, 2.24) is 0 Å². The van der Waals surface area contributed by atoms with Gasteiger partial charge in [-0.1, -0.05) is 18.6 Å². The quantitative estimate of drug-likeness (QED) is 0.847. The first-order valence-electron chi connectivity index (χ1n) is 6.29. The SMILES string of the molecule is CC(O)c1cccc(OC2CCCCC2O)c1. The van der Waals surface area contributed by atoms with Crippen LogP contribution in [0.3, 0.4) is 0 Å². The molecule has 17 heavy (non-hydrogen) atoms. The van der Waals surface area contributed by atoms with Gasteiger partial charge in [-0.05, 0) is 43.9 Å². The Morgan fingerprint density at radius 1 is 1.29 bits per heavy atom. The molecule has 1 fully saturated rings. The second-order valence-corrected chi connectivity index (χ2v) is 4.76. The maximum Gasteiger partial charge on any atom is 0.124 e. The highest BCUT2D eigenvalue weighted by atomic mass is 16.5. The maximum atomic E-state index is 9.83. The van der Waals surface area contributed by atoms with E-state index in [1.807, 2.05) is 24.3 Å². The fraction of sp³-hybridized carbons (Fsp3) is 0.571. The summed E-state index contributed by atoms with van der Waals surface area (Å²) in [5.74, 6) is 0.731. The van der Waals surface area contributed by atoms with E-state index in [-0.39, 0.29) is 12.2 Å². The number of aliphatic hydroxyl groups is 2. The molecule has 1 saturated carbocycles. The van der Waals surface area contributed by atoms with Gasteiger partial charge in [0.2, 0.25) is 0 Å². The van der Waals surface area contributed by atoms with Crippen molar-refractivity contribution in [3.8, 4) is 5.75 Å². The van der Waals surface area contributed by atoms with Crippen molar-refractivity contribution in [2.45, 2.75) is 50.9 Å². The zero-order valence-corrected chi connectivity index (χ0v) is 10.2. The second-order valence-electron chi connectivity index (χ2n) is 4.76. The highest BCUT2D eigenvalue weighted by Crippen LogP contribution is 2.25. The Hall–Kier alpha value is -1.06. The minimum atomic E-state index is -0.491. The standard InChI is InChI=1S/C14H20O3/c1-10(15)11-5-4-6-12(9-11)17-14-8-3-2-7-13(14)16/h4-6,9-10,13-16H,2-3,7-8H2,1H3. The molecule has 3 atom stereocenters. The minimum Gasteiger partial charge on any atom is -0.488 e. The Bertz CT molecular complexity index is 362. The van der Waals surface area contributed by atoms with Crippen LogP contribution in [0.4, 0.5) is 0 Å². The summed E-state index contributed by atoms with van der Waals surface area (Å²) in [5, 5.41) is 19.3. The van der Waals surface area contributed by atoms with Crippen LogP contribution < -0.4 is 4.74 Å². The van der Waals surface area contributed by atoms with Crippen LogP contribution in [0.25, 0.3) is 0 Å². The number of aliphatic hydroxyl groups excluding tert-OH is 2. The van der Waals surface area contributed by atoms with E-state index in [2.05, 4.69) is 0 Å². The summed E-state index contributed by atoms with van der Waals surface area (Å²) in [5.41, 5.74) is 0.841. The molecule has 3 unspecified atom stereocenters. The topological polar surface area (TPSA) is 49.7 Å². The lowest BCUT2D eigenvalue weighted by molar-refractivity contribution is 0.00676. The Morgan fingerprint density at radius 3 is 2.76 bits per heavy atom. The fourth-order valence-corrected chi connectivity index (χ4v) is 2.24. The minimum absolute atomic E-state index is 0.104. The van der Waals surface area contributed by atoms with Crippen molar-refractivity contribution >= 4 is 0 Å². The predicted molar refractivity (Wildman–Crippen MR) is 66.0 cm³/mol. The van der Waals surface area contributed by atoms with Gasteiger partial charge in [-0.2, -0.15) is 0 Å². The molecule has 3 heteroatoms. The summed E-state index contributed by atoms with van der Waals surface area (Å²) < 4.78 is 5.80. The third-order valence-electron chi connectivity index (χ3n) is 3.30. The first-order valence-corrected chi connectivity index (χ1v) is 6.29. The normalized spacial score (nSPS) is 26.5. The first-order chi connectivity index (χ1) is 8.16. The average Bonchev–Trinajstić information content (AvgIpc) is 2.32. The highest BCUT2D eigenvalue weighted by Gasteiger charge is 2.24. The van der Waals surface area contributed by atoms with E-state index in [9.17, 15) is 10.2 Å². The van der Waals surface area contributed by atoms with Crippen LogP contribution in [0, 0.1) is 0 Å². The molecule has 0 aliphatic heterocycles. The Balaban J connectivity index is 2.04. The highest BCUT2D eigenvalue weighted by molar-refractivity contribution is 5.29. The first kappa shape index (κ1) is 12.4. The number of hydrogen-bond acceptors (Lipinski definition) is 3. The molecule has 0 heterocycles. The van der Waals surface area contributed by atoms with Crippen molar-refractivity contribution in [1.29, 1.82) is 0 Å². The van der Waals surface area contributed by atoms with Crippen LogP contribution in [0.5, 0.6) is 5.75 Å². The number of hydrogen-bond donors (Lipinski definition) is 2. The van der Waals surface area contributed by atoms with Gasteiger partial charge >= 0.3 is 0 Å². The van der Waals surface area contributed by atoms with E-state index in [1.54, 1.807) is 6.92 Å². The molecule has 0 amide bonds. The number of benzene rings is 1. The summed E-state index contributed by atoms with van der Waals surface area (Å²) in [6.07, 6.45) is 2.95.